The largest absolute Gasteiger partial charge is 0.415 e. The summed E-state index contributed by atoms with van der Waals surface area (Å²) in [4.78, 5) is 29.6. The maximum atomic E-state index is 13.2. The molecular weight excluding hydrogens is 408 g/mol. The van der Waals surface area contributed by atoms with Crippen molar-refractivity contribution in [2.75, 3.05) is 24.2 Å². The standard InChI is InChI=1S/C25H30N2O3S/c1-3-4-5-6-7-14-31-21-9-10-22-18(16-21)12-13-27(22)24(28)19-8-11-23-20(15-19)17-26(2)25(29)30-23/h8-11,15-16H,3-7,12-14,17H2,1-2H3. The number of benzene rings is 2. The van der Waals surface area contributed by atoms with Gasteiger partial charge in [-0.1, -0.05) is 32.6 Å². The van der Waals surface area contributed by atoms with E-state index in [0.29, 0.717) is 24.4 Å². The van der Waals surface area contributed by atoms with Crippen LogP contribution in [-0.2, 0) is 13.0 Å². The van der Waals surface area contributed by atoms with Crippen molar-refractivity contribution in [2.24, 2.45) is 0 Å². The second-order valence-corrected chi connectivity index (χ2v) is 9.47. The Morgan fingerprint density at radius 3 is 2.74 bits per heavy atom. The minimum absolute atomic E-state index is 0.00238. The summed E-state index contributed by atoms with van der Waals surface area (Å²) in [6.07, 6.45) is 7.04. The number of nitrogens with zero attached hydrogens (tertiary/aromatic N) is 2. The highest BCUT2D eigenvalue weighted by Gasteiger charge is 2.28. The van der Waals surface area contributed by atoms with E-state index in [-0.39, 0.29) is 12.0 Å². The van der Waals surface area contributed by atoms with E-state index >= 15 is 0 Å². The zero-order chi connectivity index (χ0) is 21.8. The summed E-state index contributed by atoms with van der Waals surface area (Å²) in [7, 11) is 1.69. The Balaban J connectivity index is 1.41. The number of carbonyl (C=O) groups excluding carboxylic acids is 2. The highest BCUT2D eigenvalue weighted by molar-refractivity contribution is 7.99. The van der Waals surface area contributed by atoms with E-state index in [2.05, 4.69) is 25.1 Å². The van der Waals surface area contributed by atoms with Crippen LogP contribution in [0.4, 0.5) is 10.5 Å². The molecule has 0 spiro atoms. The summed E-state index contributed by atoms with van der Waals surface area (Å²) in [5.41, 5.74) is 3.75. The second-order valence-electron chi connectivity index (χ2n) is 8.31. The van der Waals surface area contributed by atoms with E-state index in [0.717, 1.165) is 23.4 Å². The average molecular weight is 439 g/mol. The molecule has 6 heteroatoms. The third-order valence-corrected chi connectivity index (χ3v) is 7.01. The molecule has 2 aromatic rings. The first kappa shape index (κ1) is 21.8. The molecule has 0 aromatic heterocycles. The first-order valence-electron chi connectivity index (χ1n) is 11.2. The van der Waals surface area contributed by atoms with Gasteiger partial charge in [-0.2, -0.15) is 0 Å². The molecule has 31 heavy (non-hydrogen) atoms. The lowest BCUT2D eigenvalue weighted by atomic mass is 10.1. The van der Waals surface area contributed by atoms with Gasteiger partial charge in [0.2, 0.25) is 0 Å². The number of carbonyl (C=O) groups is 2. The van der Waals surface area contributed by atoms with Gasteiger partial charge < -0.3 is 14.5 Å². The zero-order valence-corrected chi connectivity index (χ0v) is 19.2. The highest BCUT2D eigenvalue weighted by atomic mass is 32.2. The van der Waals surface area contributed by atoms with Crippen molar-refractivity contribution in [3.63, 3.8) is 0 Å². The lowest BCUT2D eigenvalue weighted by molar-refractivity contribution is 0.0989. The van der Waals surface area contributed by atoms with Gasteiger partial charge in [0.15, 0.2) is 0 Å². The minimum Gasteiger partial charge on any atom is -0.410 e. The molecular formula is C25H30N2O3S. The van der Waals surface area contributed by atoms with E-state index in [1.165, 1.54) is 47.5 Å². The van der Waals surface area contributed by atoms with E-state index in [1.54, 1.807) is 19.2 Å². The maximum absolute atomic E-state index is 13.2. The van der Waals surface area contributed by atoms with Crippen LogP contribution in [0.5, 0.6) is 5.75 Å². The van der Waals surface area contributed by atoms with Gasteiger partial charge in [0, 0.05) is 35.3 Å². The van der Waals surface area contributed by atoms with Crippen LogP contribution in [0.2, 0.25) is 0 Å². The maximum Gasteiger partial charge on any atom is 0.415 e. The van der Waals surface area contributed by atoms with E-state index in [9.17, 15) is 9.59 Å². The number of ether oxygens (including phenoxy) is 1. The fourth-order valence-corrected chi connectivity index (χ4v) is 5.13. The summed E-state index contributed by atoms with van der Waals surface area (Å²) in [5, 5.41) is 0. The molecule has 0 saturated heterocycles. The summed E-state index contributed by atoms with van der Waals surface area (Å²) in [6, 6.07) is 11.8. The van der Waals surface area contributed by atoms with Crippen LogP contribution in [0.15, 0.2) is 41.3 Å². The van der Waals surface area contributed by atoms with Crippen LogP contribution in [0, 0.1) is 0 Å². The monoisotopic (exact) mass is 438 g/mol. The van der Waals surface area contributed by atoms with Crippen molar-refractivity contribution in [1.82, 2.24) is 4.90 Å². The van der Waals surface area contributed by atoms with E-state index in [1.807, 2.05) is 22.7 Å². The molecule has 4 rings (SSSR count). The number of rotatable bonds is 8. The molecule has 2 heterocycles. The third-order valence-electron chi connectivity index (χ3n) is 5.93. The van der Waals surface area contributed by atoms with Crippen molar-refractivity contribution in [3.05, 3.63) is 53.1 Å². The van der Waals surface area contributed by atoms with Crippen LogP contribution in [0.25, 0.3) is 0 Å². The van der Waals surface area contributed by atoms with Crippen molar-refractivity contribution < 1.29 is 14.3 Å². The highest BCUT2D eigenvalue weighted by Crippen LogP contribution is 2.34. The minimum atomic E-state index is -0.366. The van der Waals surface area contributed by atoms with Crippen LogP contribution in [0.1, 0.15) is 60.5 Å². The smallest absolute Gasteiger partial charge is 0.410 e. The van der Waals surface area contributed by atoms with Gasteiger partial charge in [0.1, 0.15) is 5.75 Å². The molecule has 0 saturated carbocycles. The molecule has 2 aliphatic rings. The van der Waals surface area contributed by atoms with Gasteiger partial charge in [-0.25, -0.2) is 4.79 Å². The second kappa shape index (κ2) is 9.77. The van der Waals surface area contributed by atoms with Crippen LogP contribution in [0.3, 0.4) is 0 Å². The number of unbranched alkanes of at least 4 members (excludes halogenated alkanes) is 4. The number of fused-ring (bicyclic) bond motifs is 2. The lowest BCUT2D eigenvalue weighted by Gasteiger charge is -2.25. The lowest BCUT2D eigenvalue weighted by Crippen LogP contribution is -2.34. The molecule has 164 valence electrons. The van der Waals surface area contributed by atoms with Gasteiger partial charge in [0.05, 0.1) is 6.54 Å². The van der Waals surface area contributed by atoms with Gasteiger partial charge >= 0.3 is 6.09 Å². The molecule has 0 fully saturated rings. The van der Waals surface area contributed by atoms with Gasteiger partial charge in [-0.15, -0.1) is 11.8 Å². The fourth-order valence-electron chi connectivity index (χ4n) is 4.16. The Kier molecular flexibility index (Phi) is 6.86. The molecule has 5 nitrogen and oxygen atoms in total. The molecule has 0 bridgehead atoms. The molecule has 2 aliphatic heterocycles. The van der Waals surface area contributed by atoms with E-state index < -0.39 is 0 Å². The van der Waals surface area contributed by atoms with Crippen molar-refractivity contribution in [1.29, 1.82) is 0 Å². The molecule has 0 atom stereocenters. The number of hydrogen-bond acceptors (Lipinski definition) is 4. The topological polar surface area (TPSA) is 49.9 Å². The van der Waals surface area contributed by atoms with E-state index in [4.69, 9.17) is 4.74 Å². The SMILES string of the molecule is CCCCCCCSc1ccc2c(c1)CCN2C(=O)c1ccc2c(c1)CN(C)C(=O)O2. The summed E-state index contributed by atoms with van der Waals surface area (Å²) >= 11 is 1.92. The van der Waals surface area contributed by atoms with Gasteiger partial charge in [0.25, 0.3) is 5.91 Å². The predicted molar refractivity (Wildman–Crippen MR) is 125 cm³/mol. The Labute approximate surface area is 188 Å². The molecule has 0 radical (unpaired) electrons. The Morgan fingerprint density at radius 1 is 1.06 bits per heavy atom. The van der Waals surface area contributed by atoms with Crippen molar-refractivity contribution in [2.45, 2.75) is 56.9 Å². The van der Waals surface area contributed by atoms with Crippen LogP contribution >= 0.6 is 11.8 Å². The molecule has 2 amide bonds. The molecule has 0 aliphatic carbocycles. The Bertz CT molecular complexity index is 975. The number of anilines is 1. The number of amides is 2. The van der Waals surface area contributed by atoms with Crippen LogP contribution in [-0.4, -0.2) is 36.2 Å². The third kappa shape index (κ3) is 4.90. The Morgan fingerprint density at radius 2 is 1.90 bits per heavy atom. The first-order valence-corrected chi connectivity index (χ1v) is 12.2. The summed E-state index contributed by atoms with van der Waals surface area (Å²) < 4.78 is 5.29. The van der Waals surface area contributed by atoms with Crippen LogP contribution < -0.4 is 9.64 Å². The fraction of sp³-hybridized carbons (Fsp3) is 0.440. The normalized spacial score (nSPS) is 15.0. The quantitative estimate of drug-likeness (QED) is 0.380. The Hall–Kier alpha value is -2.47. The number of thioether (sulfide) groups is 1. The van der Waals surface area contributed by atoms with Gasteiger partial charge in [-0.05, 0) is 60.6 Å². The molecule has 0 N–H and O–H groups in total. The average Bonchev–Trinajstić information content (AvgIpc) is 3.19. The summed E-state index contributed by atoms with van der Waals surface area (Å²) in [6.45, 7) is 3.39. The van der Waals surface area contributed by atoms with Crippen molar-refractivity contribution in [3.8, 4) is 5.75 Å². The zero-order valence-electron chi connectivity index (χ0n) is 18.4. The predicted octanol–water partition coefficient (Wildman–Crippen LogP) is 5.90. The van der Waals surface area contributed by atoms with Gasteiger partial charge in [-0.3, -0.25) is 4.79 Å². The number of hydrogen-bond donors (Lipinski definition) is 0. The van der Waals surface area contributed by atoms with Crippen molar-refractivity contribution >= 4 is 29.4 Å². The molecule has 0 unspecified atom stereocenters. The molecule has 2 aromatic carbocycles. The summed E-state index contributed by atoms with van der Waals surface area (Å²) in [5.74, 6) is 1.69. The first-order chi connectivity index (χ1) is 15.1.